The van der Waals surface area contributed by atoms with Crippen LogP contribution < -0.4 is 0 Å². The number of hydrogen-bond acceptors (Lipinski definition) is 3. The lowest BCUT2D eigenvalue weighted by Gasteiger charge is -2.48. The summed E-state index contributed by atoms with van der Waals surface area (Å²) in [4.78, 5) is 13.6. The van der Waals surface area contributed by atoms with E-state index in [0.717, 1.165) is 6.42 Å². The molecule has 1 saturated heterocycles. The van der Waals surface area contributed by atoms with E-state index in [0.29, 0.717) is 19.5 Å². The third kappa shape index (κ3) is 3.19. The van der Waals surface area contributed by atoms with Crippen molar-refractivity contribution in [2.75, 3.05) is 13.1 Å². The number of hydrogen-bond donors (Lipinski definition) is 1. The minimum absolute atomic E-state index is 0.0780. The van der Waals surface area contributed by atoms with Crippen molar-refractivity contribution in [2.45, 2.75) is 64.7 Å². The zero-order valence-corrected chi connectivity index (χ0v) is 11.6. The van der Waals surface area contributed by atoms with Crippen LogP contribution in [0.3, 0.4) is 0 Å². The van der Waals surface area contributed by atoms with Gasteiger partial charge in [0, 0.05) is 13.1 Å². The monoisotopic (exact) mass is 243 g/mol. The highest BCUT2D eigenvalue weighted by molar-refractivity contribution is 5.78. The van der Waals surface area contributed by atoms with Crippen LogP contribution in [-0.4, -0.2) is 46.3 Å². The van der Waals surface area contributed by atoms with Crippen molar-refractivity contribution in [3.63, 3.8) is 0 Å². The van der Waals surface area contributed by atoms with E-state index in [4.69, 9.17) is 4.74 Å². The zero-order chi connectivity index (χ0) is 13.3. The fraction of sp³-hybridized carbons (Fsp3) is 0.923. The van der Waals surface area contributed by atoms with Crippen LogP contribution in [0.15, 0.2) is 0 Å². The van der Waals surface area contributed by atoms with Gasteiger partial charge in [-0.3, -0.25) is 9.69 Å². The van der Waals surface area contributed by atoms with Gasteiger partial charge < -0.3 is 9.84 Å². The molecular weight excluding hydrogens is 218 g/mol. The van der Waals surface area contributed by atoms with E-state index < -0.39 is 11.5 Å². The lowest BCUT2D eigenvalue weighted by molar-refractivity contribution is -0.174. The Labute approximate surface area is 104 Å². The number of rotatable bonds is 4. The minimum atomic E-state index is -0.774. The molecule has 0 saturated carbocycles. The molecule has 0 bridgehead atoms. The molecule has 1 aliphatic rings. The number of ether oxygens (including phenoxy) is 1. The Hall–Kier alpha value is -0.610. The Kier molecular flexibility index (Phi) is 4.20. The fourth-order valence-electron chi connectivity index (χ4n) is 2.72. The molecule has 4 heteroatoms. The van der Waals surface area contributed by atoms with Gasteiger partial charge in [-0.2, -0.15) is 0 Å². The van der Waals surface area contributed by atoms with Gasteiger partial charge in [0.1, 0.15) is 5.54 Å². The normalized spacial score (nSPS) is 28.6. The van der Waals surface area contributed by atoms with E-state index in [1.54, 1.807) is 0 Å². The summed E-state index contributed by atoms with van der Waals surface area (Å²) in [5.41, 5.74) is -1.05. The smallest absolute Gasteiger partial charge is 0.323 e. The van der Waals surface area contributed by atoms with E-state index >= 15 is 0 Å². The van der Waals surface area contributed by atoms with Crippen LogP contribution in [0.1, 0.15) is 47.5 Å². The molecule has 0 aromatic carbocycles. The summed E-state index contributed by atoms with van der Waals surface area (Å²) in [5.74, 6) is -0.732. The maximum atomic E-state index is 11.5. The van der Waals surface area contributed by atoms with Gasteiger partial charge in [-0.15, -0.1) is 0 Å². The van der Waals surface area contributed by atoms with Crippen LogP contribution >= 0.6 is 0 Å². The molecule has 0 spiro atoms. The predicted molar refractivity (Wildman–Crippen MR) is 67.1 cm³/mol. The van der Waals surface area contributed by atoms with E-state index in [2.05, 4.69) is 4.90 Å². The molecule has 2 atom stereocenters. The first-order valence-corrected chi connectivity index (χ1v) is 6.37. The summed E-state index contributed by atoms with van der Waals surface area (Å²) < 4.78 is 5.82. The van der Waals surface area contributed by atoms with Gasteiger partial charge in [0.25, 0.3) is 0 Å². The van der Waals surface area contributed by atoms with Gasteiger partial charge in [-0.1, -0.05) is 13.3 Å². The fourth-order valence-corrected chi connectivity index (χ4v) is 2.72. The first-order valence-electron chi connectivity index (χ1n) is 6.37. The molecule has 0 radical (unpaired) electrons. The van der Waals surface area contributed by atoms with Crippen molar-refractivity contribution in [2.24, 2.45) is 0 Å². The molecule has 4 nitrogen and oxygen atoms in total. The molecule has 0 aliphatic carbocycles. The van der Waals surface area contributed by atoms with Crippen LogP contribution in [0.4, 0.5) is 0 Å². The molecule has 0 aromatic rings. The van der Waals surface area contributed by atoms with Crippen molar-refractivity contribution in [1.82, 2.24) is 4.90 Å². The van der Waals surface area contributed by atoms with Gasteiger partial charge in [0.2, 0.25) is 0 Å². The Bertz CT molecular complexity index is 290. The third-order valence-corrected chi connectivity index (χ3v) is 3.46. The number of carboxylic acid groups (broad SMARTS) is 1. The summed E-state index contributed by atoms with van der Waals surface area (Å²) in [6.07, 6.45) is 1.62. The van der Waals surface area contributed by atoms with Crippen LogP contribution in [0, 0.1) is 0 Å². The average Bonchev–Trinajstić information content (AvgIpc) is 2.14. The number of nitrogens with zero attached hydrogens (tertiary/aromatic N) is 1. The molecule has 17 heavy (non-hydrogen) atoms. The largest absolute Gasteiger partial charge is 0.480 e. The molecule has 2 unspecified atom stereocenters. The highest BCUT2D eigenvalue weighted by Crippen LogP contribution is 2.30. The van der Waals surface area contributed by atoms with Crippen molar-refractivity contribution >= 4 is 5.97 Å². The molecule has 1 aliphatic heterocycles. The molecule has 0 aromatic heterocycles. The number of carbonyl (C=O) groups is 1. The molecule has 1 heterocycles. The quantitative estimate of drug-likeness (QED) is 0.821. The molecule has 1 fully saturated rings. The van der Waals surface area contributed by atoms with Gasteiger partial charge in [0.05, 0.1) is 11.7 Å². The number of morpholine rings is 1. The molecular formula is C13H25NO3. The Morgan fingerprint density at radius 2 is 2.18 bits per heavy atom. The maximum Gasteiger partial charge on any atom is 0.323 e. The molecule has 100 valence electrons. The SMILES string of the molecule is CCCC(C)(C(=O)O)N1CC(C)OC(C)(C)C1. The highest BCUT2D eigenvalue weighted by atomic mass is 16.5. The van der Waals surface area contributed by atoms with E-state index in [1.807, 2.05) is 34.6 Å². The third-order valence-electron chi connectivity index (χ3n) is 3.46. The first kappa shape index (κ1) is 14.5. The Morgan fingerprint density at radius 3 is 2.59 bits per heavy atom. The van der Waals surface area contributed by atoms with Gasteiger partial charge in [-0.05, 0) is 34.1 Å². The molecule has 1 N–H and O–H groups in total. The first-order chi connectivity index (χ1) is 7.71. The standard InChI is InChI=1S/C13H25NO3/c1-6-7-13(5,11(15)16)14-8-10(2)17-12(3,4)9-14/h10H,6-9H2,1-5H3,(H,15,16). The zero-order valence-electron chi connectivity index (χ0n) is 11.6. The molecule has 0 amide bonds. The van der Waals surface area contributed by atoms with E-state index in [1.165, 1.54) is 0 Å². The predicted octanol–water partition coefficient (Wildman–Crippen LogP) is 2.13. The van der Waals surface area contributed by atoms with E-state index in [9.17, 15) is 9.90 Å². The van der Waals surface area contributed by atoms with Crippen molar-refractivity contribution in [3.05, 3.63) is 0 Å². The van der Waals surface area contributed by atoms with Crippen LogP contribution in [0.25, 0.3) is 0 Å². The Morgan fingerprint density at radius 1 is 1.59 bits per heavy atom. The Balaban J connectivity index is 2.91. The highest BCUT2D eigenvalue weighted by Gasteiger charge is 2.44. The van der Waals surface area contributed by atoms with E-state index in [-0.39, 0.29) is 11.7 Å². The lowest BCUT2D eigenvalue weighted by atomic mass is 9.90. The minimum Gasteiger partial charge on any atom is -0.480 e. The second-order valence-electron chi connectivity index (χ2n) is 5.90. The van der Waals surface area contributed by atoms with Crippen molar-refractivity contribution < 1.29 is 14.6 Å². The van der Waals surface area contributed by atoms with Crippen molar-refractivity contribution in [3.8, 4) is 0 Å². The summed E-state index contributed by atoms with van der Waals surface area (Å²) in [6, 6.07) is 0. The van der Waals surface area contributed by atoms with Gasteiger partial charge in [0.15, 0.2) is 0 Å². The van der Waals surface area contributed by atoms with Gasteiger partial charge in [-0.25, -0.2) is 0 Å². The summed E-state index contributed by atoms with van der Waals surface area (Å²) >= 11 is 0. The van der Waals surface area contributed by atoms with Gasteiger partial charge >= 0.3 is 5.97 Å². The number of carboxylic acids is 1. The topological polar surface area (TPSA) is 49.8 Å². The summed E-state index contributed by atoms with van der Waals surface area (Å²) in [6.45, 7) is 11.2. The second kappa shape index (κ2) is 4.94. The lowest BCUT2D eigenvalue weighted by Crippen LogP contribution is -2.62. The van der Waals surface area contributed by atoms with Crippen LogP contribution in [-0.2, 0) is 9.53 Å². The van der Waals surface area contributed by atoms with Crippen molar-refractivity contribution in [1.29, 1.82) is 0 Å². The summed E-state index contributed by atoms with van der Waals surface area (Å²) in [7, 11) is 0. The average molecular weight is 243 g/mol. The second-order valence-corrected chi connectivity index (χ2v) is 5.90. The van der Waals surface area contributed by atoms with Crippen LogP contribution in [0.2, 0.25) is 0 Å². The molecule has 1 rings (SSSR count). The maximum absolute atomic E-state index is 11.5. The van der Waals surface area contributed by atoms with Crippen LogP contribution in [0.5, 0.6) is 0 Å². The summed E-state index contributed by atoms with van der Waals surface area (Å²) in [5, 5.41) is 9.49. The number of aliphatic carboxylic acids is 1.